The van der Waals surface area contributed by atoms with Crippen molar-refractivity contribution in [1.82, 2.24) is 5.32 Å². The number of phenolic OH excluding ortho intramolecular Hbond substituents is 1. The van der Waals surface area contributed by atoms with Gasteiger partial charge in [-0.25, -0.2) is 0 Å². The van der Waals surface area contributed by atoms with Gasteiger partial charge in [0, 0.05) is 22.1 Å². The van der Waals surface area contributed by atoms with Crippen LogP contribution in [0.2, 0.25) is 5.02 Å². The second kappa shape index (κ2) is 7.83. The average Bonchev–Trinajstić information content (AvgIpc) is 2.46. The number of aryl methyl sites for hydroxylation is 1. The van der Waals surface area contributed by atoms with E-state index in [4.69, 9.17) is 11.6 Å². The Kier molecular flexibility index (Phi) is 6.09. The fraction of sp³-hybridized carbons (Fsp3) is 0.294. The monoisotopic (exact) mass is 367 g/mol. The lowest BCUT2D eigenvalue weighted by Crippen LogP contribution is -2.26. The minimum Gasteiger partial charge on any atom is -0.508 e. The smallest absolute Gasteiger partial charge is 0.115 e. The number of hydrogen-bond donors (Lipinski definition) is 2. The molecule has 21 heavy (non-hydrogen) atoms. The van der Waals surface area contributed by atoms with Gasteiger partial charge in [-0.2, -0.15) is 0 Å². The van der Waals surface area contributed by atoms with Crippen molar-refractivity contribution in [1.29, 1.82) is 0 Å². The van der Waals surface area contributed by atoms with Crippen molar-refractivity contribution in [3.8, 4) is 5.75 Å². The molecule has 0 fully saturated rings. The molecule has 0 aliphatic rings. The molecule has 2 aromatic carbocycles. The van der Waals surface area contributed by atoms with E-state index >= 15 is 0 Å². The van der Waals surface area contributed by atoms with Crippen molar-refractivity contribution in [2.45, 2.75) is 32.4 Å². The van der Waals surface area contributed by atoms with Gasteiger partial charge in [-0.05, 0) is 55.2 Å². The molecule has 2 rings (SSSR count). The minimum absolute atomic E-state index is 0.315. The Morgan fingerprint density at radius 2 is 1.90 bits per heavy atom. The van der Waals surface area contributed by atoms with E-state index in [9.17, 15) is 5.11 Å². The third kappa shape index (κ3) is 5.34. The van der Waals surface area contributed by atoms with Gasteiger partial charge in [-0.3, -0.25) is 0 Å². The highest BCUT2D eigenvalue weighted by atomic mass is 79.9. The summed E-state index contributed by atoms with van der Waals surface area (Å²) in [5.74, 6) is 0.315. The topological polar surface area (TPSA) is 32.3 Å². The van der Waals surface area contributed by atoms with Crippen molar-refractivity contribution in [2.24, 2.45) is 0 Å². The summed E-state index contributed by atoms with van der Waals surface area (Å²) in [6.45, 7) is 2.94. The first-order chi connectivity index (χ1) is 10.0. The molecule has 0 heterocycles. The molecule has 0 amide bonds. The summed E-state index contributed by atoms with van der Waals surface area (Å²) >= 11 is 9.62. The second-order valence-corrected chi connectivity index (χ2v) is 6.55. The maximum absolute atomic E-state index is 9.26. The highest BCUT2D eigenvalue weighted by molar-refractivity contribution is 9.10. The molecule has 0 spiro atoms. The van der Waals surface area contributed by atoms with Crippen LogP contribution in [0.1, 0.15) is 24.5 Å². The van der Waals surface area contributed by atoms with Crippen LogP contribution in [0.5, 0.6) is 5.75 Å². The SMILES string of the molecule is CC(CCc1ccc(O)cc1)NCc1ccc(Br)cc1Cl. The first-order valence-corrected chi connectivity index (χ1v) is 8.17. The van der Waals surface area contributed by atoms with Crippen LogP contribution >= 0.6 is 27.5 Å². The Hall–Kier alpha value is -1.03. The molecular formula is C17H19BrClNO. The number of hydrogen-bond acceptors (Lipinski definition) is 2. The molecule has 2 aromatic rings. The van der Waals surface area contributed by atoms with Crippen LogP contribution in [-0.2, 0) is 13.0 Å². The summed E-state index contributed by atoms with van der Waals surface area (Å²) in [5, 5.41) is 13.5. The van der Waals surface area contributed by atoms with Crippen molar-refractivity contribution in [2.75, 3.05) is 0 Å². The summed E-state index contributed by atoms with van der Waals surface area (Å²) in [5.41, 5.74) is 2.35. The molecule has 2 N–H and O–H groups in total. The van der Waals surface area contributed by atoms with E-state index in [0.29, 0.717) is 11.8 Å². The lowest BCUT2D eigenvalue weighted by molar-refractivity contribution is 0.474. The van der Waals surface area contributed by atoms with E-state index in [0.717, 1.165) is 34.4 Å². The van der Waals surface area contributed by atoms with Gasteiger partial charge in [0.05, 0.1) is 0 Å². The normalized spacial score (nSPS) is 12.3. The Bertz CT molecular complexity index is 586. The van der Waals surface area contributed by atoms with Crippen molar-refractivity contribution >= 4 is 27.5 Å². The van der Waals surface area contributed by atoms with Crippen molar-refractivity contribution < 1.29 is 5.11 Å². The quantitative estimate of drug-likeness (QED) is 0.758. The Labute approximate surface area is 139 Å². The van der Waals surface area contributed by atoms with Gasteiger partial charge in [0.1, 0.15) is 5.75 Å². The highest BCUT2D eigenvalue weighted by Crippen LogP contribution is 2.21. The third-order valence-electron chi connectivity index (χ3n) is 3.46. The molecule has 0 aliphatic carbocycles. The predicted octanol–water partition coefficient (Wildman–Crippen LogP) is 4.92. The van der Waals surface area contributed by atoms with Crippen molar-refractivity contribution in [3.05, 3.63) is 63.1 Å². The van der Waals surface area contributed by atoms with Gasteiger partial charge >= 0.3 is 0 Å². The van der Waals surface area contributed by atoms with Gasteiger partial charge in [0.2, 0.25) is 0 Å². The number of nitrogens with one attached hydrogen (secondary N) is 1. The first-order valence-electron chi connectivity index (χ1n) is 7.00. The fourth-order valence-electron chi connectivity index (χ4n) is 2.10. The lowest BCUT2D eigenvalue weighted by atomic mass is 10.1. The van der Waals surface area contributed by atoms with E-state index < -0.39 is 0 Å². The number of aromatic hydroxyl groups is 1. The van der Waals surface area contributed by atoms with Crippen LogP contribution in [0, 0.1) is 0 Å². The molecule has 0 bridgehead atoms. The second-order valence-electron chi connectivity index (χ2n) is 5.22. The Morgan fingerprint density at radius 1 is 1.19 bits per heavy atom. The molecule has 0 aromatic heterocycles. The molecular weight excluding hydrogens is 350 g/mol. The van der Waals surface area contributed by atoms with Crippen LogP contribution in [0.25, 0.3) is 0 Å². The summed E-state index contributed by atoms with van der Waals surface area (Å²) in [6, 6.07) is 13.7. The van der Waals surface area contributed by atoms with E-state index in [-0.39, 0.29) is 0 Å². The Balaban J connectivity index is 1.79. The van der Waals surface area contributed by atoms with Gasteiger partial charge < -0.3 is 10.4 Å². The van der Waals surface area contributed by atoms with Gasteiger partial charge in [-0.15, -0.1) is 0 Å². The maximum Gasteiger partial charge on any atom is 0.115 e. The van der Waals surface area contributed by atoms with Gasteiger partial charge in [0.15, 0.2) is 0 Å². The number of halogens is 2. The van der Waals surface area contributed by atoms with Crippen LogP contribution in [-0.4, -0.2) is 11.1 Å². The van der Waals surface area contributed by atoms with E-state index in [1.807, 2.05) is 30.3 Å². The average molecular weight is 369 g/mol. The highest BCUT2D eigenvalue weighted by Gasteiger charge is 2.05. The standard InChI is InChI=1S/C17H19BrClNO/c1-12(2-3-13-4-8-16(21)9-5-13)20-11-14-6-7-15(18)10-17(14)19/h4-10,12,20-21H,2-3,11H2,1H3. The predicted molar refractivity (Wildman–Crippen MR) is 91.9 cm³/mol. The molecule has 1 atom stereocenters. The van der Waals surface area contributed by atoms with Crippen LogP contribution < -0.4 is 5.32 Å². The van der Waals surface area contributed by atoms with Crippen molar-refractivity contribution in [3.63, 3.8) is 0 Å². The molecule has 2 nitrogen and oxygen atoms in total. The third-order valence-corrected chi connectivity index (χ3v) is 4.30. The summed E-state index contributed by atoms with van der Waals surface area (Å²) in [7, 11) is 0. The molecule has 0 aliphatic heterocycles. The van der Waals surface area contributed by atoms with Crippen LogP contribution in [0.4, 0.5) is 0 Å². The first kappa shape index (κ1) is 16.3. The zero-order valence-electron chi connectivity index (χ0n) is 11.9. The molecule has 0 radical (unpaired) electrons. The van der Waals surface area contributed by atoms with E-state index in [1.165, 1.54) is 5.56 Å². The summed E-state index contributed by atoms with van der Waals surface area (Å²) < 4.78 is 0.997. The molecule has 1 unspecified atom stereocenters. The molecule has 112 valence electrons. The lowest BCUT2D eigenvalue weighted by Gasteiger charge is -2.14. The number of benzene rings is 2. The summed E-state index contributed by atoms with van der Waals surface area (Å²) in [4.78, 5) is 0. The summed E-state index contributed by atoms with van der Waals surface area (Å²) in [6.07, 6.45) is 2.03. The van der Waals surface area contributed by atoms with E-state index in [1.54, 1.807) is 12.1 Å². The van der Waals surface area contributed by atoms with Crippen LogP contribution in [0.15, 0.2) is 46.9 Å². The van der Waals surface area contributed by atoms with Gasteiger partial charge in [-0.1, -0.05) is 45.7 Å². The fourth-order valence-corrected chi connectivity index (χ4v) is 2.84. The van der Waals surface area contributed by atoms with Crippen LogP contribution in [0.3, 0.4) is 0 Å². The molecule has 0 saturated heterocycles. The number of phenols is 1. The Morgan fingerprint density at radius 3 is 2.57 bits per heavy atom. The molecule has 0 saturated carbocycles. The zero-order chi connectivity index (χ0) is 15.2. The van der Waals surface area contributed by atoms with E-state index in [2.05, 4.69) is 28.2 Å². The largest absolute Gasteiger partial charge is 0.508 e. The molecule has 4 heteroatoms. The van der Waals surface area contributed by atoms with Gasteiger partial charge in [0.25, 0.3) is 0 Å². The zero-order valence-corrected chi connectivity index (χ0v) is 14.3. The number of rotatable bonds is 6. The maximum atomic E-state index is 9.26. The minimum atomic E-state index is 0.315.